The normalized spacial score (nSPS) is 12.9. The molecule has 0 amide bonds. The molecule has 0 radical (unpaired) electrons. The molecule has 0 fully saturated rings. The van der Waals surface area contributed by atoms with Gasteiger partial charge >= 0.3 is 0 Å². The molecule has 0 bridgehead atoms. The first kappa shape index (κ1) is 12.6. The highest BCUT2D eigenvalue weighted by Crippen LogP contribution is 2.07. The third kappa shape index (κ3) is 5.89. The summed E-state index contributed by atoms with van der Waals surface area (Å²) in [6, 6.07) is 4.44. The van der Waals surface area contributed by atoms with Gasteiger partial charge in [-0.05, 0) is 24.3 Å². The summed E-state index contributed by atoms with van der Waals surface area (Å²) in [6.45, 7) is 2.61. The van der Waals surface area contributed by atoms with Gasteiger partial charge in [-0.1, -0.05) is 6.07 Å². The van der Waals surface area contributed by atoms with Gasteiger partial charge in [-0.15, -0.1) is 11.3 Å². The van der Waals surface area contributed by atoms with Gasteiger partial charge in [-0.2, -0.15) is 0 Å². The Kier molecular flexibility index (Phi) is 6.59. The number of hydrogen-bond acceptors (Lipinski definition) is 4. The van der Waals surface area contributed by atoms with Crippen LogP contribution in [0.25, 0.3) is 0 Å². The van der Waals surface area contributed by atoms with Gasteiger partial charge in [-0.3, -0.25) is 0 Å². The third-order valence-electron chi connectivity index (χ3n) is 2.21. The fourth-order valence-electron chi connectivity index (χ4n) is 1.39. The highest BCUT2D eigenvalue weighted by atomic mass is 32.1. The summed E-state index contributed by atoms with van der Waals surface area (Å²) in [4.78, 5) is 1.36. The van der Waals surface area contributed by atoms with Crippen LogP contribution in [0.4, 0.5) is 0 Å². The van der Waals surface area contributed by atoms with Gasteiger partial charge in [0.1, 0.15) is 0 Å². The van der Waals surface area contributed by atoms with Gasteiger partial charge in [0.2, 0.25) is 0 Å². The molecule has 0 saturated carbocycles. The lowest BCUT2D eigenvalue weighted by Crippen LogP contribution is -2.33. The van der Waals surface area contributed by atoms with Crippen LogP contribution in [0.2, 0.25) is 0 Å². The Bertz CT molecular complexity index is 239. The van der Waals surface area contributed by atoms with Crippen molar-refractivity contribution >= 4 is 11.3 Å². The minimum absolute atomic E-state index is 0.236. The molecule has 1 atom stereocenters. The number of ether oxygens (including phenoxy) is 1. The van der Waals surface area contributed by atoms with E-state index in [1.54, 1.807) is 18.4 Å². The van der Waals surface area contributed by atoms with Crippen LogP contribution in [0.15, 0.2) is 17.5 Å². The first-order chi connectivity index (χ1) is 7.33. The molecular weight excluding hydrogens is 208 g/mol. The molecule has 1 rings (SSSR count). The lowest BCUT2D eigenvalue weighted by molar-refractivity contribution is 0.190. The minimum Gasteiger partial charge on any atom is -0.385 e. The largest absolute Gasteiger partial charge is 0.385 e. The van der Waals surface area contributed by atoms with Crippen molar-refractivity contribution in [3.8, 4) is 0 Å². The summed E-state index contributed by atoms with van der Waals surface area (Å²) in [5.74, 6) is 0. The molecule has 0 aromatic carbocycles. The van der Waals surface area contributed by atoms with Crippen molar-refractivity contribution in [1.29, 1.82) is 0 Å². The quantitative estimate of drug-likeness (QED) is 0.664. The second-order valence-electron chi connectivity index (χ2n) is 3.61. The second kappa shape index (κ2) is 7.82. The smallest absolute Gasteiger partial charge is 0.0462 e. The van der Waals surface area contributed by atoms with Crippen LogP contribution in [0.5, 0.6) is 0 Å². The lowest BCUT2D eigenvalue weighted by Gasteiger charge is -2.11. The Morgan fingerprint density at radius 3 is 3.13 bits per heavy atom. The van der Waals surface area contributed by atoms with Crippen LogP contribution in [-0.4, -0.2) is 26.3 Å². The zero-order chi connectivity index (χ0) is 10.9. The average molecular weight is 228 g/mol. The predicted octanol–water partition coefficient (Wildman–Crippen LogP) is 1.59. The van der Waals surface area contributed by atoms with Crippen LogP contribution in [0.1, 0.15) is 17.7 Å². The molecule has 86 valence electrons. The molecule has 1 unspecified atom stereocenters. The van der Waals surface area contributed by atoms with Crippen molar-refractivity contribution in [2.45, 2.75) is 25.4 Å². The fraction of sp³-hybridized carbons (Fsp3) is 0.636. The van der Waals surface area contributed by atoms with Crippen LogP contribution >= 0.6 is 11.3 Å². The summed E-state index contributed by atoms with van der Waals surface area (Å²) in [5, 5.41) is 5.45. The molecule has 0 spiro atoms. The Balaban J connectivity index is 1.99. The summed E-state index contributed by atoms with van der Waals surface area (Å²) >= 11 is 1.77. The molecule has 3 N–H and O–H groups in total. The van der Waals surface area contributed by atoms with E-state index in [0.29, 0.717) is 0 Å². The molecule has 0 saturated heterocycles. The summed E-state index contributed by atoms with van der Waals surface area (Å²) < 4.78 is 4.98. The van der Waals surface area contributed by atoms with Crippen molar-refractivity contribution < 1.29 is 4.74 Å². The topological polar surface area (TPSA) is 47.3 Å². The molecular formula is C11H20N2OS. The maximum atomic E-state index is 5.94. The molecule has 1 aromatic heterocycles. The fourth-order valence-corrected chi connectivity index (χ4v) is 2.06. The lowest BCUT2D eigenvalue weighted by atomic mass is 10.2. The SMILES string of the molecule is COCCCC(N)CNCc1cccs1. The number of hydrogen-bond donors (Lipinski definition) is 2. The van der Waals surface area contributed by atoms with Gasteiger partial charge in [0.05, 0.1) is 0 Å². The van der Waals surface area contributed by atoms with E-state index in [1.165, 1.54) is 4.88 Å². The maximum Gasteiger partial charge on any atom is 0.0462 e. The van der Waals surface area contributed by atoms with E-state index in [4.69, 9.17) is 10.5 Å². The number of methoxy groups -OCH3 is 1. The van der Waals surface area contributed by atoms with E-state index in [9.17, 15) is 0 Å². The maximum absolute atomic E-state index is 5.94. The van der Waals surface area contributed by atoms with E-state index in [1.807, 2.05) is 0 Å². The number of nitrogens with two attached hydrogens (primary N) is 1. The molecule has 1 aromatic rings. The minimum atomic E-state index is 0.236. The first-order valence-electron chi connectivity index (χ1n) is 5.30. The number of nitrogens with one attached hydrogen (secondary N) is 1. The molecule has 0 aliphatic carbocycles. The van der Waals surface area contributed by atoms with Crippen LogP contribution in [0.3, 0.4) is 0 Å². The standard InChI is InChI=1S/C11H20N2OS/c1-14-6-2-4-10(12)8-13-9-11-5-3-7-15-11/h3,5,7,10,13H,2,4,6,8-9,12H2,1H3. The van der Waals surface area contributed by atoms with Crippen molar-refractivity contribution in [3.63, 3.8) is 0 Å². The van der Waals surface area contributed by atoms with Gasteiger partial charge < -0.3 is 15.8 Å². The van der Waals surface area contributed by atoms with E-state index < -0.39 is 0 Å². The van der Waals surface area contributed by atoms with Gasteiger partial charge in [0.25, 0.3) is 0 Å². The van der Waals surface area contributed by atoms with Crippen LogP contribution in [-0.2, 0) is 11.3 Å². The Morgan fingerprint density at radius 2 is 2.47 bits per heavy atom. The Hall–Kier alpha value is -0.420. The molecule has 3 nitrogen and oxygen atoms in total. The number of thiophene rings is 1. The molecule has 4 heteroatoms. The van der Waals surface area contributed by atoms with Crippen molar-refractivity contribution in [2.75, 3.05) is 20.3 Å². The predicted molar refractivity (Wildman–Crippen MR) is 65.1 cm³/mol. The third-order valence-corrected chi connectivity index (χ3v) is 3.09. The molecule has 15 heavy (non-hydrogen) atoms. The number of rotatable bonds is 8. The molecule has 0 aliphatic heterocycles. The van der Waals surface area contributed by atoms with Crippen molar-refractivity contribution in [1.82, 2.24) is 5.32 Å². The van der Waals surface area contributed by atoms with E-state index in [0.717, 1.165) is 32.5 Å². The molecule has 0 aliphatic rings. The zero-order valence-electron chi connectivity index (χ0n) is 9.24. The van der Waals surface area contributed by atoms with E-state index in [2.05, 4.69) is 22.8 Å². The first-order valence-corrected chi connectivity index (χ1v) is 6.18. The van der Waals surface area contributed by atoms with Crippen molar-refractivity contribution in [2.24, 2.45) is 5.73 Å². The van der Waals surface area contributed by atoms with Crippen LogP contribution in [0, 0.1) is 0 Å². The highest BCUT2D eigenvalue weighted by molar-refractivity contribution is 7.09. The van der Waals surface area contributed by atoms with E-state index >= 15 is 0 Å². The van der Waals surface area contributed by atoms with Gasteiger partial charge in [0, 0.05) is 37.7 Å². The Labute approximate surface area is 95.6 Å². The summed E-state index contributed by atoms with van der Waals surface area (Å²) in [7, 11) is 1.72. The monoisotopic (exact) mass is 228 g/mol. The second-order valence-corrected chi connectivity index (χ2v) is 4.64. The zero-order valence-corrected chi connectivity index (χ0v) is 10.1. The summed E-state index contributed by atoms with van der Waals surface area (Å²) in [5.41, 5.74) is 5.94. The van der Waals surface area contributed by atoms with Gasteiger partial charge in [-0.25, -0.2) is 0 Å². The van der Waals surface area contributed by atoms with E-state index in [-0.39, 0.29) is 6.04 Å². The van der Waals surface area contributed by atoms with Crippen molar-refractivity contribution in [3.05, 3.63) is 22.4 Å². The van der Waals surface area contributed by atoms with Gasteiger partial charge in [0.15, 0.2) is 0 Å². The average Bonchev–Trinajstić information content (AvgIpc) is 2.71. The summed E-state index contributed by atoms with van der Waals surface area (Å²) in [6.07, 6.45) is 2.06. The highest BCUT2D eigenvalue weighted by Gasteiger charge is 2.01. The Morgan fingerprint density at radius 1 is 1.60 bits per heavy atom. The molecule has 1 heterocycles. The van der Waals surface area contributed by atoms with Crippen LogP contribution < -0.4 is 11.1 Å².